The highest BCUT2D eigenvalue weighted by molar-refractivity contribution is 5.63. The van der Waals surface area contributed by atoms with Gasteiger partial charge in [-0.25, -0.2) is 0 Å². The fourth-order valence-corrected chi connectivity index (χ4v) is 2.74. The highest BCUT2D eigenvalue weighted by Crippen LogP contribution is 2.25. The van der Waals surface area contributed by atoms with Gasteiger partial charge in [0, 0.05) is 17.9 Å². The molecule has 1 N–H and O–H groups in total. The van der Waals surface area contributed by atoms with Crippen molar-refractivity contribution in [2.75, 3.05) is 16.8 Å². The van der Waals surface area contributed by atoms with Crippen LogP contribution in [0.15, 0.2) is 48.7 Å². The van der Waals surface area contributed by atoms with E-state index in [2.05, 4.69) is 95.6 Å². The summed E-state index contributed by atoms with van der Waals surface area (Å²) >= 11 is 0. The van der Waals surface area contributed by atoms with E-state index in [1.54, 1.807) is 6.20 Å². The summed E-state index contributed by atoms with van der Waals surface area (Å²) in [6, 6.07) is 14.6. The first-order chi connectivity index (χ1) is 12.1. The molecule has 0 aliphatic carbocycles. The molecule has 0 radical (unpaired) electrons. The van der Waals surface area contributed by atoms with Crippen LogP contribution in [0.2, 0.25) is 0 Å². The quantitative estimate of drug-likeness (QED) is 0.733. The molecule has 5 heteroatoms. The van der Waals surface area contributed by atoms with E-state index in [1.165, 1.54) is 11.1 Å². The number of aryl methyl sites for hydroxylation is 3. The molecular weight excluding hydrogens is 310 g/mol. The summed E-state index contributed by atoms with van der Waals surface area (Å²) in [7, 11) is 0. The van der Waals surface area contributed by atoms with E-state index in [-0.39, 0.29) is 0 Å². The van der Waals surface area contributed by atoms with Crippen molar-refractivity contribution < 1.29 is 0 Å². The molecule has 0 amide bonds. The van der Waals surface area contributed by atoms with Gasteiger partial charge in [-0.2, -0.15) is 10.1 Å². The van der Waals surface area contributed by atoms with Gasteiger partial charge in [0.25, 0.3) is 0 Å². The molecule has 0 spiro atoms. The average Bonchev–Trinajstić information content (AvgIpc) is 2.59. The number of hydrogen-bond donors (Lipinski definition) is 1. The summed E-state index contributed by atoms with van der Waals surface area (Å²) in [5.74, 6) is 1.27. The molecule has 3 aromatic rings. The molecule has 5 nitrogen and oxygen atoms in total. The topological polar surface area (TPSA) is 53.9 Å². The van der Waals surface area contributed by atoms with E-state index in [1.807, 2.05) is 0 Å². The molecule has 25 heavy (non-hydrogen) atoms. The van der Waals surface area contributed by atoms with Crippen molar-refractivity contribution in [2.45, 2.75) is 27.7 Å². The van der Waals surface area contributed by atoms with Gasteiger partial charge in [0.05, 0.1) is 6.20 Å². The molecule has 2 aromatic carbocycles. The second kappa shape index (κ2) is 7.30. The van der Waals surface area contributed by atoms with E-state index in [9.17, 15) is 0 Å². The summed E-state index contributed by atoms with van der Waals surface area (Å²) in [5, 5.41) is 11.6. The molecule has 0 aliphatic heterocycles. The zero-order chi connectivity index (χ0) is 17.8. The summed E-state index contributed by atoms with van der Waals surface area (Å²) in [4.78, 5) is 6.78. The minimum Gasteiger partial charge on any atom is -0.325 e. The van der Waals surface area contributed by atoms with Crippen LogP contribution in [-0.4, -0.2) is 21.7 Å². The van der Waals surface area contributed by atoms with Gasteiger partial charge in [0.15, 0.2) is 5.82 Å². The lowest BCUT2D eigenvalue weighted by atomic mass is 10.1. The summed E-state index contributed by atoms with van der Waals surface area (Å²) < 4.78 is 0. The maximum absolute atomic E-state index is 4.66. The summed E-state index contributed by atoms with van der Waals surface area (Å²) in [5.41, 5.74) is 5.64. The number of benzene rings is 2. The number of aromatic nitrogens is 3. The lowest BCUT2D eigenvalue weighted by Gasteiger charge is -2.22. The molecule has 0 saturated heterocycles. The van der Waals surface area contributed by atoms with Gasteiger partial charge in [0.2, 0.25) is 5.95 Å². The molecule has 0 unspecified atom stereocenters. The number of rotatable bonds is 5. The van der Waals surface area contributed by atoms with Crippen molar-refractivity contribution in [2.24, 2.45) is 0 Å². The molecule has 0 atom stereocenters. The van der Waals surface area contributed by atoms with Gasteiger partial charge < -0.3 is 10.2 Å². The predicted octanol–water partition coefficient (Wildman–Crippen LogP) is 4.70. The maximum atomic E-state index is 4.66. The molecule has 0 bridgehead atoms. The van der Waals surface area contributed by atoms with Crippen LogP contribution in [-0.2, 0) is 0 Å². The van der Waals surface area contributed by atoms with Crippen LogP contribution in [0.25, 0.3) is 0 Å². The van der Waals surface area contributed by atoms with Gasteiger partial charge in [-0.15, -0.1) is 5.10 Å². The molecule has 0 aliphatic rings. The highest BCUT2D eigenvalue weighted by Gasteiger charge is 2.11. The molecular formula is C20H23N5. The van der Waals surface area contributed by atoms with Gasteiger partial charge >= 0.3 is 0 Å². The molecule has 3 rings (SSSR count). The zero-order valence-corrected chi connectivity index (χ0v) is 15.1. The standard InChI is InChI=1S/C20H23N5/c1-5-25(17-8-6-7-14(2)11-17)19-13-21-24-20(23-19)22-18-12-15(3)9-10-16(18)4/h6-13H,5H2,1-4H3,(H,22,23,24). The van der Waals surface area contributed by atoms with Gasteiger partial charge in [-0.1, -0.05) is 24.3 Å². The first-order valence-electron chi connectivity index (χ1n) is 8.45. The van der Waals surface area contributed by atoms with E-state index in [4.69, 9.17) is 0 Å². The van der Waals surface area contributed by atoms with Crippen LogP contribution >= 0.6 is 0 Å². The number of hydrogen-bond acceptors (Lipinski definition) is 5. The first kappa shape index (κ1) is 16.9. The maximum Gasteiger partial charge on any atom is 0.249 e. The Bertz CT molecular complexity index is 875. The fraction of sp³-hybridized carbons (Fsp3) is 0.250. The Balaban J connectivity index is 1.91. The Kier molecular flexibility index (Phi) is 4.93. The minimum absolute atomic E-state index is 0.498. The Morgan fingerprint density at radius 2 is 1.80 bits per heavy atom. The Hall–Kier alpha value is -2.95. The Morgan fingerprint density at radius 3 is 2.56 bits per heavy atom. The number of nitrogens with one attached hydrogen (secondary N) is 1. The van der Waals surface area contributed by atoms with Gasteiger partial charge in [0.1, 0.15) is 0 Å². The van der Waals surface area contributed by atoms with E-state index < -0.39 is 0 Å². The lowest BCUT2D eigenvalue weighted by molar-refractivity contribution is 0.921. The van der Waals surface area contributed by atoms with Crippen molar-refractivity contribution in [3.8, 4) is 0 Å². The number of nitrogens with zero attached hydrogens (tertiary/aromatic N) is 4. The highest BCUT2D eigenvalue weighted by atomic mass is 15.3. The third-order valence-corrected chi connectivity index (χ3v) is 4.09. The smallest absolute Gasteiger partial charge is 0.249 e. The molecule has 1 heterocycles. The molecule has 1 aromatic heterocycles. The molecule has 0 saturated carbocycles. The van der Waals surface area contributed by atoms with Crippen LogP contribution in [0.1, 0.15) is 23.6 Å². The predicted molar refractivity (Wildman–Crippen MR) is 103 cm³/mol. The van der Waals surface area contributed by atoms with Gasteiger partial charge in [-0.05, 0) is 62.6 Å². The second-order valence-corrected chi connectivity index (χ2v) is 6.16. The van der Waals surface area contributed by atoms with Crippen LogP contribution in [0.4, 0.5) is 23.1 Å². The van der Waals surface area contributed by atoms with E-state index >= 15 is 0 Å². The van der Waals surface area contributed by atoms with Crippen LogP contribution in [0.3, 0.4) is 0 Å². The third kappa shape index (κ3) is 3.94. The van der Waals surface area contributed by atoms with Crippen molar-refractivity contribution in [3.05, 3.63) is 65.4 Å². The summed E-state index contributed by atoms with van der Waals surface area (Å²) in [6.45, 7) is 9.11. The monoisotopic (exact) mass is 333 g/mol. The van der Waals surface area contributed by atoms with Crippen molar-refractivity contribution in [1.29, 1.82) is 0 Å². The third-order valence-electron chi connectivity index (χ3n) is 4.09. The fourth-order valence-electron chi connectivity index (χ4n) is 2.74. The summed E-state index contributed by atoms with van der Waals surface area (Å²) in [6.07, 6.45) is 1.69. The average molecular weight is 333 g/mol. The van der Waals surface area contributed by atoms with Gasteiger partial charge in [-0.3, -0.25) is 0 Å². The lowest BCUT2D eigenvalue weighted by Crippen LogP contribution is -2.18. The first-order valence-corrected chi connectivity index (χ1v) is 8.45. The van der Waals surface area contributed by atoms with E-state index in [0.717, 1.165) is 29.3 Å². The largest absolute Gasteiger partial charge is 0.325 e. The number of anilines is 4. The van der Waals surface area contributed by atoms with Crippen molar-refractivity contribution in [1.82, 2.24) is 15.2 Å². The Labute approximate surface area is 148 Å². The van der Waals surface area contributed by atoms with Crippen LogP contribution < -0.4 is 10.2 Å². The minimum atomic E-state index is 0.498. The van der Waals surface area contributed by atoms with E-state index in [0.29, 0.717) is 5.95 Å². The SMILES string of the molecule is CCN(c1cccc(C)c1)c1cnnc(Nc2cc(C)ccc2C)n1. The molecule has 0 fully saturated rings. The van der Waals surface area contributed by atoms with Crippen LogP contribution in [0, 0.1) is 20.8 Å². The zero-order valence-electron chi connectivity index (χ0n) is 15.1. The second-order valence-electron chi connectivity index (χ2n) is 6.16. The van der Waals surface area contributed by atoms with Crippen molar-refractivity contribution >= 4 is 23.1 Å². The van der Waals surface area contributed by atoms with Crippen LogP contribution in [0.5, 0.6) is 0 Å². The Morgan fingerprint density at radius 1 is 1.00 bits per heavy atom. The molecule has 128 valence electrons. The van der Waals surface area contributed by atoms with Crippen molar-refractivity contribution in [3.63, 3.8) is 0 Å². The normalized spacial score (nSPS) is 10.6.